The predicted molar refractivity (Wildman–Crippen MR) is 127 cm³/mol. The summed E-state index contributed by atoms with van der Waals surface area (Å²) in [6.45, 7) is 23.6. The van der Waals surface area contributed by atoms with E-state index in [1.807, 2.05) is 91.8 Å². The fourth-order valence-corrected chi connectivity index (χ4v) is 2.13. The van der Waals surface area contributed by atoms with Gasteiger partial charge in [-0.2, -0.15) is 0 Å². The molecule has 0 heterocycles. The summed E-state index contributed by atoms with van der Waals surface area (Å²) >= 11 is 0. The molecule has 0 saturated heterocycles. The maximum absolute atomic E-state index is 10.6. The summed E-state index contributed by atoms with van der Waals surface area (Å²) < 4.78 is 0. The first-order valence-corrected chi connectivity index (χ1v) is 10.2. The lowest BCUT2D eigenvalue weighted by Crippen LogP contribution is -1.98. The fourth-order valence-electron chi connectivity index (χ4n) is 2.13. The molecule has 0 spiro atoms. The van der Waals surface area contributed by atoms with Crippen LogP contribution < -0.4 is 0 Å². The van der Waals surface area contributed by atoms with Crippen molar-refractivity contribution >= 4 is 0 Å². The Bertz CT molecular complexity index is 575. The van der Waals surface area contributed by atoms with Crippen LogP contribution in [0.25, 0.3) is 0 Å². The molecule has 0 aromatic rings. The van der Waals surface area contributed by atoms with Crippen molar-refractivity contribution in [2.45, 2.75) is 68.2 Å². The van der Waals surface area contributed by atoms with Gasteiger partial charge < -0.3 is 5.11 Å². The van der Waals surface area contributed by atoms with Crippen molar-refractivity contribution in [3.63, 3.8) is 0 Å². The molecular weight excluding hydrogens is 328 g/mol. The molecule has 1 aliphatic carbocycles. The van der Waals surface area contributed by atoms with E-state index in [-0.39, 0.29) is 5.76 Å². The molecule has 152 valence electrons. The molecule has 0 amide bonds. The van der Waals surface area contributed by atoms with Crippen LogP contribution in [0, 0.1) is 0 Å². The first-order valence-electron chi connectivity index (χ1n) is 10.2. The fraction of sp³-hybridized carbons (Fsp3) is 0.385. The van der Waals surface area contributed by atoms with Crippen molar-refractivity contribution in [2.75, 3.05) is 0 Å². The van der Waals surface area contributed by atoms with Gasteiger partial charge in [0.1, 0.15) is 5.76 Å². The highest BCUT2D eigenvalue weighted by Crippen LogP contribution is 2.27. The molecule has 0 fully saturated rings. The predicted octanol–water partition coefficient (Wildman–Crippen LogP) is 8.97. The molecular formula is C26H42O. The Balaban J connectivity index is -0.000000869. The molecule has 1 N–H and O–H groups in total. The molecule has 0 aromatic heterocycles. The summed E-state index contributed by atoms with van der Waals surface area (Å²) in [5.74, 6) is 0.215. The Morgan fingerprint density at radius 2 is 1.59 bits per heavy atom. The molecule has 0 atom stereocenters. The van der Waals surface area contributed by atoms with Crippen LogP contribution >= 0.6 is 0 Å². The number of allylic oxidation sites excluding steroid dienone is 12. The van der Waals surface area contributed by atoms with Crippen LogP contribution in [0.15, 0.2) is 95.9 Å². The molecule has 0 aliphatic heterocycles. The van der Waals surface area contributed by atoms with E-state index in [4.69, 9.17) is 0 Å². The molecule has 0 bridgehead atoms. The van der Waals surface area contributed by atoms with E-state index >= 15 is 0 Å². The molecule has 1 rings (SSSR count). The third-order valence-electron chi connectivity index (χ3n) is 3.25. The first-order chi connectivity index (χ1) is 13.2. The van der Waals surface area contributed by atoms with E-state index in [1.54, 1.807) is 6.08 Å². The van der Waals surface area contributed by atoms with Crippen molar-refractivity contribution in [1.29, 1.82) is 0 Å². The minimum Gasteiger partial charge on any atom is -0.507 e. The number of aliphatic hydroxyl groups is 1. The van der Waals surface area contributed by atoms with E-state index in [2.05, 4.69) is 25.3 Å². The van der Waals surface area contributed by atoms with Crippen LogP contribution in [-0.4, -0.2) is 5.11 Å². The monoisotopic (exact) mass is 370 g/mol. The van der Waals surface area contributed by atoms with Crippen LogP contribution in [-0.2, 0) is 0 Å². The summed E-state index contributed by atoms with van der Waals surface area (Å²) in [6.07, 6.45) is 19.5. The molecule has 1 heteroatoms. The number of rotatable bonds is 6. The Kier molecular flexibility index (Phi) is 23.8. The highest BCUT2D eigenvalue weighted by atomic mass is 16.3. The normalized spacial score (nSPS) is 13.9. The number of hydrogen-bond acceptors (Lipinski definition) is 1. The molecule has 27 heavy (non-hydrogen) atoms. The van der Waals surface area contributed by atoms with Gasteiger partial charge in [-0.25, -0.2) is 0 Å². The maximum Gasteiger partial charge on any atom is 0.130 e. The second-order valence-electron chi connectivity index (χ2n) is 4.72. The minimum atomic E-state index is 0.215. The van der Waals surface area contributed by atoms with Crippen molar-refractivity contribution in [1.82, 2.24) is 0 Å². The highest BCUT2D eigenvalue weighted by molar-refractivity contribution is 5.58. The number of aliphatic hydroxyl groups excluding tert-OH is 1. The zero-order valence-electron chi connectivity index (χ0n) is 19.0. The Labute approximate surface area is 169 Å². The smallest absolute Gasteiger partial charge is 0.130 e. The van der Waals surface area contributed by atoms with Gasteiger partial charge in [0.05, 0.1) is 0 Å². The standard InChI is InChI=1S/C20H24O.3C2H6/c1-5-8-13-17(7-3)19(12-6-2)20(21)16(4)18-14-10-9-11-15-18;3*1-2/h5-8,10,12-15,21H,1,4,9,11H2,2-3H3;3*1-2H3/b12-6-,13-8-,17-7+,20-19-;;;. The van der Waals surface area contributed by atoms with Crippen LogP contribution in [0.5, 0.6) is 0 Å². The van der Waals surface area contributed by atoms with Gasteiger partial charge >= 0.3 is 0 Å². The highest BCUT2D eigenvalue weighted by Gasteiger charge is 2.12. The third kappa shape index (κ3) is 11.9. The van der Waals surface area contributed by atoms with Gasteiger partial charge in [-0.05, 0) is 37.8 Å². The van der Waals surface area contributed by atoms with Crippen molar-refractivity contribution < 1.29 is 5.11 Å². The van der Waals surface area contributed by atoms with Gasteiger partial charge in [0.15, 0.2) is 0 Å². The van der Waals surface area contributed by atoms with Crippen molar-refractivity contribution in [3.05, 3.63) is 95.9 Å². The zero-order valence-corrected chi connectivity index (χ0v) is 19.0. The summed E-state index contributed by atoms with van der Waals surface area (Å²) in [5, 5.41) is 10.6. The van der Waals surface area contributed by atoms with E-state index in [9.17, 15) is 5.11 Å². The lowest BCUT2D eigenvalue weighted by Gasteiger charge is -2.14. The topological polar surface area (TPSA) is 20.2 Å². The molecule has 1 aliphatic rings. The van der Waals surface area contributed by atoms with Crippen LogP contribution in [0.2, 0.25) is 0 Å². The van der Waals surface area contributed by atoms with Gasteiger partial charge in [0.2, 0.25) is 0 Å². The molecule has 0 aromatic carbocycles. The van der Waals surface area contributed by atoms with Crippen LogP contribution in [0.4, 0.5) is 0 Å². The van der Waals surface area contributed by atoms with Gasteiger partial charge in [-0.15, -0.1) is 0 Å². The van der Waals surface area contributed by atoms with Crippen molar-refractivity contribution in [2.24, 2.45) is 0 Å². The van der Waals surface area contributed by atoms with Gasteiger partial charge in [0.25, 0.3) is 0 Å². The minimum absolute atomic E-state index is 0.215. The summed E-state index contributed by atoms with van der Waals surface area (Å²) in [4.78, 5) is 0. The Morgan fingerprint density at radius 3 is 2.00 bits per heavy atom. The summed E-state index contributed by atoms with van der Waals surface area (Å²) in [6, 6.07) is 0. The summed E-state index contributed by atoms with van der Waals surface area (Å²) in [5.41, 5.74) is 3.35. The molecule has 0 radical (unpaired) electrons. The zero-order chi connectivity index (χ0) is 21.7. The molecule has 0 unspecified atom stereocenters. The van der Waals surface area contributed by atoms with Gasteiger partial charge in [0, 0.05) is 11.1 Å². The van der Waals surface area contributed by atoms with Gasteiger partial charge in [-0.3, -0.25) is 0 Å². The van der Waals surface area contributed by atoms with Gasteiger partial charge in [-0.1, -0.05) is 109 Å². The largest absolute Gasteiger partial charge is 0.507 e. The molecule has 0 saturated carbocycles. The first kappa shape index (κ1) is 29.5. The Morgan fingerprint density at radius 1 is 1.00 bits per heavy atom. The second kappa shape index (κ2) is 21.8. The van der Waals surface area contributed by atoms with Crippen LogP contribution in [0.3, 0.4) is 0 Å². The summed E-state index contributed by atoms with van der Waals surface area (Å²) in [7, 11) is 0. The lowest BCUT2D eigenvalue weighted by atomic mass is 9.94. The maximum atomic E-state index is 10.6. The average molecular weight is 371 g/mol. The third-order valence-corrected chi connectivity index (χ3v) is 3.25. The number of hydrogen-bond donors (Lipinski definition) is 1. The second-order valence-corrected chi connectivity index (χ2v) is 4.72. The Hall–Kier alpha value is -2.28. The SMILES string of the molecule is C=C\C=C/C(=C\C)C(/C=C\C)=C(\O)C(=C)C1=CCCC=C1.CC.CC.CC. The lowest BCUT2D eigenvalue weighted by molar-refractivity contribution is 0.422. The van der Waals surface area contributed by atoms with E-state index in [0.717, 1.165) is 29.6 Å². The van der Waals surface area contributed by atoms with E-state index in [1.165, 1.54) is 0 Å². The average Bonchev–Trinajstić information content (AvgIpc) is 2.77. The quantitative estimate of drug-likeness (QED) is 0.365. The van der Waals surface area contributed by atoms with E-state index < -0.39 is 0 Å². The van der Waals surface area contributed by atoms with Crippen molar-refractivity contribution in [3.8, 4) is 0 Å². The molecule has 1 nitrogen and oxygen atoms in total. The van der Waals surface area contributed by atoms with Crippen LogP contribution in [0.1, 0.15) is 68.2 Å². The van der Waals surface area contributed by atoms with E-state index in [0.29, 0.717) is 5.57 Å².